The molecule has 148 valence electrons. The zero-order valence-electron chi connectivity index (χ0n) is 15.5. The molecular weight excluding hydrogens is 412 g/mol. The molecule has 2 heterocycles. The maximum atomic E-state index is 12.5. The first-order valence-corrected chi connectivity index (χ1v) is 10.1. The summed E-state index contributed by atoms with van der Waals surface area (Å²) in [6.45, 7) is 2.71. The van der Waals surface area contributed by atoms with Crippen molar-refractivity contribution in [3.8, 4) is 11.5 Å². The monoisotopic (exact) mass is 428 g/mol. The molecule has 0 spiro atoms. The Morgan fingerprint density at radius 2 is 2.00 bits per heavy atom. The number of thiazole rings is 1. The van der Waals surface area contributed by atoms with Gasteiger partial charge in [-0.1, -0.05) is 29.0 Å². The van der Waals surface area contributed by atoms with Gasteiger partial charge in [0.05, 0.1) is 16.8 Å². The van der Waals surface area contributed by atoms with E-state index in [9.17, 15) is 4.79 Å². The number of carbonyl (C=O) groups is 1. The minimum atomic E-state index is -0.372. The Kier molecular flexibility index (Phi) is 5.69. The van der Waals surface area contributed by atoms with Crippen molar-refractivity contribution in [1.82, 2.24) is 4.98 Å². The maximum absolute atomic E-state index is 12.5. The van der Waals surface area contributed by atoms with E-state index >= 15 is 0 Å². The predicted molar refractivity (Wildman–Crippen MR) is 113 cm³/mol. The van der Waals surface area contributed by atoms with Crippen LogP contribution in [0.3, 0.4) is 0 Å². The molecule has 0 saturated carbocycles. The standard InChI is InChI=1S/C21H17ClN2O4S/c1-2-26-15-6-8-17-19(11-15)29-21(23-17)24-20(25)18-9-7-16(28-18)12-27-14-5-3-4-13(22)10-14/h3-11H,2,12H2,1H3,(H,23,24,25). The number of fused-ring (bicyclic) bond motifs is 1. The molecule has 0 aliphatic heterocycles. The summed E-state index contributed by atoms with van der Waals surface area (Å²) in [7, 11) is 0. The highest BCUT2D eigenvalue weighted by Gasteiger charge is 2.14. The zero-order chi connectivity index (χ0) is 20.2. The van der Waals surface area contributed by atoms with Gasteiger partial charge in [-0.15, -0.1) is 0 Å². The van der Waals surface area contributed by atoms with Crippen molar-refractivity contribution in [2.24, 2.45) is 0 Å². The van der Waals surface area contributed by atoms with E-state index in [-0.39, 0.29) is 18.3 Å². The van der Waals surface area contributed by atoms with E-state index in [2.05, 4.69) is 10.3 Å². The topological polar surface area (TPSA) is 73.6 Å². The highest BCUT2D eigenvalue weighted by molar-refractivity contribution is 7.22. The summed E-state index contributed by atoms with van der Waals surface area (Å²) in [5.74, 6) is 1.74. The van der Waals surface area contributed by atoms with Gasteiger partial charge < -0.3 is 13.9 Å². The molecule has 4 rings (SSSR count). The van der Waals surface area contributed by atoms with E-state index in [0.29, 0.717) is 28.3 Å². The van der Waals surface area contributed by atoms with Crippen LogP contribution in [-0.2, 0) is 6.61 Å². The fourth-order valence-electron chi connectivity index (χ4n) is 2.66. The quantitative estimate of drug-likeness (QED) is 0.404. The third-order valence-electron chi connectivity index (χ3n) is 3.95. The number of nitrogens with zero attached hydrogens (tertiary/aromatic N) is 1. The maximum Gasteiger partial charge on any atom is 0.293 e. The Balaban J connectivity index is 1.40. The fourth-order valence-corrected chi connectivity index (χ4v) is 3.73. The summed E-state index contributed by atoms with van der Waals surface area (Å²) in [6.07, 6.45) is 0. The van der Waals surface area contributed by atoms with E-state index in [1.54, 1.807) is 36.4 Å². The van der Waals surface area contributed by atoms with Crippen LogP contribution in [0.4, 0.5) is 5.13 Å². The Bertz CT molecular complexity index is 1150. The van der Waals surface area contributed by atoms with Crippen LogP contribution in [0.25, 0.3) is 10.2 Å². The first-order valence-electron chi connectivity index (χ1n) is 8.92. The minimum Gasteiger partial charge on any atom is -0.494 e. The number of hydrogen-bond donors (Lipinski definition) is 1. The fraction of sp³-hybridized carbons (Fsp3) is 0.143. The van der Waals surface area contributed by atoms with Crippen molar-refractivity contribution < 1.29 is 18.7 Å². The summed E-state index contributed by atoms with van der Waals surface area (Å²) in [6, 6.07) is 16.0. The molecule has 4 aromatic rings. The van der Waals surface area contributed by atoms with Crippen LogP contribution in [0, 0.1) is 0 Å². The molecule has 0 radical (unpaired) electrons. The van der Waals surface area contributed by atoms with Gasteiger partial charge in [0, 0.05) is 5.02 Å². The molecule has 0 saturated heterocycles. The smallest absolute Gasteiger partial charge is 0.293 e. The van der Waals surface area contributed by atoms with Gasteiger partial charge >= 0.3 is 0 Å². The van der Waals surface area contributed by atoms with E-state index in [4.69, 9.17) is 25.5 Å². The largest absolute Gasteiger partial charge is 0.494 e. The van der Waals surface area contributed by atoms with Gasteiger partial charge in [-0.25, -0.2) is 4.98 Å². The van der Waals surface area contributed by atoms with Crippen molar-refractivity contribution in [2.45, 2.75) is 13.5 Å². The number of hydrogen-bond acceptors (Lipinski definition) is 6. The van der Waals surface area contributed by atoms with Crippen LogP contribution >= 0.6 is 22.9 Å². The number of aromatic nitrogens is 1. The van der Waals surface area contributed by atoms with Crippen molar-refractivity contribution in [3.05, 3.63) is 71.1 Å². The second-order valence-electron chi connectivity index (χ2n) is 6.05. The predicted octanol–water partition coefficient (Wildman–Crippen LogP) is 5.77. The van der Waals surface area contributed by atoms with Crippen LogP contribution in [-0.4, -0.2) is 17.5 Å². The van der Waals surface area contributed by atoms with Crippen LogP contribution in [0.1, 0.15) is 23.2 Å². The van der Waals surface area contributed by atoms with Crippen LogP contribution in [0.2, 0.25) is 5.02 Å². The van der Waals surface area contributed by atoms with Crippen molar-refractivity contribution in [2.75, 3.05) is 11.9 Å². The zero-order valence-corrected chi connectivity index (χ0v) is 17.0. The number of halogens is 1. The second-order valence-corrected chi connectivity index (χ2v) is 7.51. The molecule has 29 heavy (non-hydrogen) atoms. The molecule has 1 amide bonds. The Labute approximate surface area is 176 Å². The average Bonchev–Trinajstić information content (AvgIpc) is 3.33. The van der Waals surface area contributed by atoms with E-state index in [1.165, 1.54) is 11.3 Å². The number of benzene rings is 2. The van der Waals surface area contributed by atoms with Gasteiger partial charge in [-0.3, -0.25) is 10.1 Å². The number of nitrogens with one attached hydrogen (secondary N) is 1. The number of furan rings is 1. The normalized spacial score (nSPS) is 10.8. The molecule has 2 aromatic heterocycles. The molecule has 1 N–H and O–H groups in total. The van der Waals surface area contributed by atoms with Crippen LogP contribution in [0.15, 0.2) is 59.0 Å². The van der Waals surface area contributed by atoms with Gasteiger partial charge in [0.1, 0.15) is 23.9 Å². The summed E-state index contributed by atoms with van der Waals surface area (Å²) in [5.41, 5.74) is 0.795. The number of carbonyl (C=O) groups excluding carboxylic acids is 1. The number of ether oxygens (including phenoxy) is 2. The highest BCUT2D eigenvalue weighted by Crippen LogP contribution is 2.29. The Hall–Kier alpha value is -3.03. The van der Waals surface area contributed by atoms with Crippen LogP contribution < -0.4 is 14.8 Å². The average molecular weight is 429 g/mol. The first kappa shape index (κ1) is 19.3. The SMILES string of the molecule is CCOc1ccc2nc(NC(=O)c3ccc(COc4cccc(Cl)c4)o3)sc2c1. The highest BCUT2D eigenvalue weighted by atomic mass is 35.5. The van der Waals surface area contributed by atoms with E-state index < -0.39 is 0 Å². The Morgan fingerprint density at radius 3 is 2.83 bits per heavy atom. The van der Waals surface area contributed by atoms with Gasteiger partial charge in [0.2, 0.25) is 0 Å². The van der Waals surface area contributed by atoms with E-state index in [1.807, 2.05) is 25.1 Å². The lowest BCUT2D eigenvalue weighted by Gasteiger charge is -2.04. The summed E-state index contributed by atoms with van der Waals surface area (Å²) in [5, 5.41) is 3.85. The lowest BCUT2D eigenvalue weighted by atomic mass is 10.3. The second kappa shape index (κ2) is 8.55. The van der Waals surface area contributed by atoms with Gasteiger partial charge in [-0.05, 0) is 55.5 Å². The third-order valence-corrected chi connectivity index (χ3v) is 5.12. The molecule has 0 aliphatic rings. The molecule has 0 fully saturated rings. The molecular formula is C21H17ClN2O4S. The molecule has 0 aliphatic carbocycles. The molecule has 2 aromatic carbocycles. The summed E-state index contributed by atoms with van der Waals surface area (Å²) >= 11 is 7.31. The molecule has 8 heteroatoms. The minimum absolute atomic E-state index is 0.184. The van der Waals surface area contributed by atoms with E-state index in [0.717, 1.165) is 16.0 Å². The van der Waals surface area contributed by atoms with Crippen molar-refractivity contribution in [3.63, 3.8) is 0 Å². The van der Waals surface area contributed by atoms with Gasteiger partial charge in [0.25, 0.3) is 5.91 Å². The summed E-state index contributed by atoms with van der Waals surface area (Å²) in [4.78, 5) is 16.9. The first-order chi connectivity index (χ1) is 14.1. The molecule has 0 atom stereocenters. The van der Waals surface area contributed by atoms with Crippen molar-refractivity contribution in [1.29, 1.82) is 0 Å². The molecule has 0 bridgehead atoms. The lowest BCUT2D eigenvalue weighted by molar-refractivity contribution is 0.0992. The number of rotatable bonds is 7. The number of anilines is 1. The van der Waals surface area contributed by atoms with Gasteiger partial charge in [-0.2, -0.15) is 0 Å². The van der Waals surface area contributed by atoms with Crippen LogP contribution in [0.5, 0.6) is 11.5 Å². The summed E-state index contributed by atoms with van der Waals surface area (Å²) < 4.78 is 17.6. The number of amides is 1. The Morgan fingerprint density at radius 1 is 1.14 bits per heavy atom. The lowest BCUT2D eigenvalue weighted by Crippen LogP contribution is -2.10. The molecule has 0 unspecified atom stereocenters. The van der Waals surface area contributed by atoms with Crippen molar-refractivity contribution >= 4 is 44.2 Å². The van der Waals surface area contributed by atoms with Gasteiger partial charge in [0.15, 0.2) is 10.9 Å². The third kappa shape index (κ3) is 4.70. The molecule has 6 nitrogen and oxygen atoms in total.